The fourth-order valence-electron chi connectivity index (χ4n) is 5.15. The van der Waals surface area contributed by atoms with E-state index in [0.717, 1.165) is 37.0 Å². The molecule has 0 aromatic carbocycles. The molecule has 0 saturated heterocycles. The smallest absolute Gasteiger partial charge is 0.100 e. The molecule has 2 aliphatic carbocycles. The summed E-state index contributed by atoms with van der Waals surface area (Å²) in [6.07, 6.45) is 6.19. The summed E-state index contributed by atoms with van der Waals surface area (Å²) in [4.78, 5) is 0. The van der Waals surface area contributed by atoms with Crippen molar-refractivity contribution in [2.45, 2.75) is 72.4 Å². The lowest BCUT2D eigenvalue weighted by Gasteiger charge is -2.56. The van der Waals surface area contributed by atoms with Gasteiger partial charge in [-0.2, -0.15) is 0 Å². The van der Waals surface area contributed by atoms with Gasteiger partial charge < -0.3 is 0 Å². The molecule has 5 atom stereocenters. The number of rotatable bonds is 2. The molecule has 2 saturated carbocycles. The minimum absolute atomic E-state index is 0.426. The van der Waals surface area contributed by atoms with Crippen molar-refractivity contribution in [3.8, 4) is 0 Å². The molecule has 2 rings (SSSR count). The van der Waals surface area contributed by atoms with Crippen LogP contribution in [0.3, 0.4) is 0 Å². The fourth-order valence-corrected chi connectivity index (χ4v) is 5.15. The van der Waals surface area contributed by atoms with Crippen LogP contribution < -0.4 is 0 Å². The van der Waals surface area contributed by atoms with E-state index in [1.807, 2.05) is 0 Å². The van der Waals surface area contributed by atoms with Gasteiger partial charge >= 0.3 is 0 Å². The van der Waals surface area contributed by atoms with E-state index in [1.165, 1.54) is 19.3 Å². The van der Waals surface area contributed by atoms with E-state index in [2.05, 4.69) is 27.7 Å². The molecule has 0 aliphatic heterocycles. The predicted octanol–water partition coefficient (Wildman–Crippen LogP) is 5.22. The predicted molar refractivity (Wildman–Crippen MR) is 71.7 cm³/mol. The van der Waals surface area contributed by atoms with Crippen LogP contribution in [0.5, 0.6) is 0 Å². The third kappa shape index (κ3) is 2.27. The molecule has 100 valence electrons. The zero-order valence-electron chi connectivity index (χ0n) is 12.0. The number of halogens is 1. The van der Waals surface area contributed by atoms with Gasteiger partial charge in [-0.1, -0.05) is 34.1 Å². The van der Waals surface area contributed by atoms with E-state index >= 15 is 0 Å². The lowest BCUT2D eigenvalue weighted by atomic mass is 9.49. The molecule has 2 fully saturated rings. The average Bonchev–Trinajstić information content (AvgIpc) is 2.28. The zero-order valence-corrected chi connectivity index (χ0v) is 12.0. The molecule has 0 bridgehead atoms. The van der Waals surface area contributed by atoms with Gasteiger partial charge in [-0.25, -0.2) is 4.39 Å². The summed E-state index contributed by atoms with van der Waals surface area (Å²) in [6, 6.07) is 0. The topological polar surface area (TPSA) is 0 Å². The highest BCUT2D eigenvalue weighted by Crippen LogP contribution is 2.58. The van der Waals surface area contributed by atoms with Crippen LogP contribution in [0.1, 0.15) is 66.2 Å². The standard InChI is InChI=1S/C16H29F/c1-5-12-6-7-13-10-14(17)8-9-16(13,4)15(12)11(2)3/h11-15H,5-10H2,1-4H3. The third-order valence-electron chi connectivity index (χ3n) is 5.87. The Balaban J connectivity index is 2.23. The fraction of sp³-hybridized carbons (Fsp3) is 1.00. The monoisotopic (exact) mass is 240 g/mol. The second kappa shape index (κ2) is 4.90. The Morgan fingerprint density at radius 2 is 1.94 bits per heavy atom. The van der Waals surface area contributed by atoms with Crippen molar-refractivity contribution in [3.63, 3.8) is 0 Å². The van der Waals surface area contributed by atoms with E-state index in [-0.39, 0.29) is 0 Å². The summed E-state index contributed by atoms with van der Waals surface area (Å²) in [7, 11) is 0. The van der Waals surface area contributed by atoms with Crippen LogP contribution >= 0.6 is 0 Å². The highest BCUT2D eigenvalue weighted by molar-refractivity contribution is 5.00. The summed E-state index contributed by atoms with van der Waals surface area (Å²) in [5.41, 5.74) is 0.426. The van der Waals surface area contributed by atoms with E-state index in [4.69, 9.17) is 0 Å². The summed E-state index contributed by atoms with van der Waals surface area (Å²) in [5, 5.41) is 0. The van der Waals surface area contributed by atoms with Crippen LogP contribution in [-0.4, -0.2) is 6.17 Å². The first-order valence-electron chi connectivity index (χ1n) is 7.63. The van der Waals surface area contributed by atoms with Crippen molar-refractivity contribution in [1.29, 1.82) is 0 Å². The van der Waals surface area contributed by atoms with Gasteiger partial charge in [-0.3, -0.25) is 0 Å². The Labute approximate surface area is 106 Å². The molecule has 0 aromatic heterocycles. The Morgan fingerprint density at radius 1 is 1.24 bits per heavy atom. The summed E-state index contributed by atoms with van der Waals surface area (Å²) in [6.45, 7) is 9.56. The van der Waals surface area contributed by atoms with Gasteiger partial charge in [0.2, 0.25) is 0 Å². The lowest BCUT2D eigenvalue weighted by Crippen LogP contribution is -2.49. The average molecular weight is 240 g/mol. The molecule has 2 aliphatic rings. The molecule has 1 heteroatoms. The minimum Gasteiger partial charge on any atom is -0.247 e. The Bertz CT molecular complexity index is 260. The zero-order chi connectivity index (χ0) is 12.6. The van der Waals surface area contributed by atoms with Crippen LogP contribution in [0, 0.1) is 29.1 Å². The minimum atomic E-state index is -0.515. The molecular weight excluding hydrogens is 211 g/mol. The first kappa shape index (κ1) is 13.4. The van der Waals surface area contributed by atoms with Crippen molar-refractivity contribution in [1.82, 2.24) is 0 Å². The molecule has 0 aromatic rings. The molecule has 0 radical (unpaired) electrons. The summed E-state index contributed by atoms with van der Waals surface area (Å²) >= 11 is 0. The number of hydrogen-bond donors (Lipinski definition) is 0. The molecule has 0 amide bonds. The maximum Gasteiger partial charge on any atom is 0.100 e. The van der Waals surface area contributed by atoms with E-state index in [0.29, 0.717) is 11.3 Å². The highest BCUT2D eigenvalue weighted by atomic mass is 19.1. The number of fused-ring (bicyclic) bond motifs is 1. The SMILES string of the molecule is CCC1CCC2CC(F)CCC2(C)C1C(C)C. The number of alkyl halides is 1. The second-order valence-electron chi connectivity index (χ2n) is 7.09. The van der Waals surface area contributed by atoms with Crippen molar-refractivity contribution in [2.24, 2.45) is 29.1 Å². The van der Waals surface area contributed by atoms with Crippen molar-refractivity contribution < 1.29 is 4.39 Å². The van der Waals surface area contributed by atoms with E-state index in [1.54, 1.807) is 0 Å². The quantitative estimate of drug-likeness (QED) is 0.620. The van der Waals surface area contributed by atoms with Crippen LogP contribution in [0.2, 0.25) is 0 Å². The van der Waals surface area contributed by atoms with E-state index < -0.39 is 6.17 Å². The van der Waals surface area contributed by atoms with Crippen molar-refractivity contribution in [2.75, 3.05) is 0 Å². The van der Waals surface area contributed by atoms with Crippen LogP contribution in [-0.2, 0) is 0 Å². The van der Waals surface area contributed by atoms with Gasteiger partial charge in [0.15, 0.2) is 0 Å². The largest absolute Gasteiger partial charge is 0.247 e. The highest BCUT2D eigenvalue weighted by Gasteiger charge is 2.50. The molecule has 0 N–H and O–H groups in total. The van der Waals surface area contributed by atoms with Gasteiger partial charge in [0, 0.05) is 0 Å². The van der Waals surface area contributed by atoms with Crippen LogP contribution in [0.25, 0.3) is 0 Å². The van der Waals surface area contributed by atoms with Gasteiger partial charge in [0.1, 0.15) is 6.17 Å². The first-order valence-corrected chi connectivity index (χ1v) is 7.63. The Hall–Kier alpha value is -0.0700. The van der Waals surface area contributed by atoms with Crippen molar-refractivity contribution >= 4 is 0 Å². The molecule has 0 spiro atoms. The second-order valence-corrected chi connectivity index (χ2v) is 7.09. The first-order chi connectivity index (χ1) is 7.99. The molecular formula is C16H29F. The molecule has 0 heterocycles. The molecule has 5 unspecified atom stereocenters. The van der Waals surface area contributed by atoms with Crippen LogP contribution in [0.15, 0.2) is 0 Å². The maximum atomic E-state index is 13.6. The lowest BCUT2D eigenvalue weighted by molar-refractivity contribution is -0.0754. The molecule has 0 nitrogen and oxygen atoms in total. The number of hydrogen-bond acceptors (Lipinski definition) is 0. The Kier molecular flexibility index (Phi) is 3.85. The third-order valence-corrected chi connectivity index (χ3v) is 5.87. The summed E-state index contributed by atoms with van der Waals surface area (Å²) < 4.78 is 13.6. The summed E-state index contributed by atoms with van der Waals surface area (Å²) in [5.74, 6) is 3.11. The van der Waals surface area contributed by atoms with Gasteiger partial charge in [0.05, 0.1) is 0 Å². The normalized spacial score (nSPS) is 46.9. The maximum absolute atomic E-state index is 13.6. The van der Waals surface area contributed by atoms with Crippen molar-refractivity contribution in [3.05, 3.63) is 0 Å². The molecule has 17 heavy (non-hydrogen) atoms. The van der Waals surface area contributed by atoms with Gasteiger partial charge in [-0.05, 0) is 61.2 Å². The van der Waals surface area contributed by atoms with Crippen LogP contribution in [0.4, 0.5) is 4.39 Å². The van der Waals surface area contributed by atoms with E-state index in [9.17, 15) is 4.39 Å². The van der Waals surface area contributed by atoms with Gasteiger partial charge in [-0.15, -0.1) is 0 Å². The van der Waals surface area contributed by atoms with Gasteiger partial charge in [0.25, 0.3) is 0 Å². The Morgan fingerprint density at radius 3 is 2.53 bits per heavy atom.